The SMILES string of the molecule is CC=C(I)CI. The van der Waals surface area contributed by atoms with E-state index in [1.807, 2.05) is 0 Å². The van der Waals surface area contributed by atoms with Crippen molar-refractivity contribution in [1.29, 1.82) is 0 Å². The number of halogens is 2. The van der Waals surface area contributed by atoms with E-state index in [2.05, 4.69) is 58.2 Å². The third-order valence-corrected chi connectivity index (χ3v) is 3.73. The molecule has 0 N–H and O–H groups in total. The zero-order chi connectivity index (χ0) is 4.99. The third-order valence-electron chi connectivity index (χ3n) is 0.441. The lowest BCUT2D eigenvalue weighted by atomic mass is 10.6. The van der Waals surface area contributed by atoms with Gasteiger partial charge in [-0.2, -0.15) is 0 Å². The summed E-state index contributed by atoms with van der Waals surface area (Å²) in [5.74, 6) is 0. The van der Waals surface area contributed by atoms with Crippen LogP contribution in [0.3, 0.4) is 0 Å². The average molecular weight is 308 g/mol. The molecule has 0 saturated carbocycles. The van der Waals surface area contributed by atoms with Gasteiger partial charge < -0.3 is 0 Å². The van der Waals surface area contributed by atoms with Gasteiger partial charge in [0.15, 0.2) is 0 Å². The fraction of sp³-hybridized carbons (Fsp3) is 0.500. The number of rotatable bonds is 1. The lowest BCUT2D eigenvalue weighted by molar-refractivity contribution is 1.67. The molecule has 0 spiro atoms. The van der Waals surface area contributed by atoms with Crippen molar-refractivity contribution in [2.24, 2.45) is 0 Å². The smallest absolute Gasteiger partial charge is 0.0301 e. The van der Waals surface area contributed by atoms with Gasteiger partial charge >= 0.3 is 0 Å². The summed E-state index contributed by atoms with van der Waals surface area (Å²) >= 11 is 4.66. The molecule has 2 heteroatoms. The van der Waals surface area contributed by atoms with Gasteiger partial charge in [0.2, 0.25) is 0 Å². The van der Waals surface area contributed by atoms with Crippen molar-refractivity contribution >= 4 is 45.2 Å². The Bertz CT molecular complexity index is 56.6. The zero-order valence-corrected chi connectivity index (χ0v) is 7.86. The standard InChI is InChI=1S/C4H6I2/c1-2-4(6)3-5/h2H,3H2,1H3. The molecule has 0 bridgehead atoms. The lowest BCUT2D eigenvalue weighted by Gasteiger charge is -1.80. The summed E-state index contributed by atoms with van der Waals surface area (Å²) in [6.45, 7) is 2.06. The molecule has 0 aromatic carbocycles. The minimum absolute atomic E-state index is 1.15. The predicted octanol–water partition coefficient (Wildman–Crippen LogP) is 2.76. The molecule has 0 saturated heterocycles. The van der Waals surface area contributed by atoms with E-state index in [-0.39, 0.29) is 0 Å². The van der Waals surface area contributed by atoms with Crippen LogP contribution in [0.2, 0.25) is 0 Å². The Balaban J connectivity index is 3.22. The molecule has 0 aromatic heterocycles. The second-order valence-electron chi connectivity index (χ2n) is 0.869. The maximum atomic E-state index is 2.34. The van der Waals surface area contributed by atoms with Crippen LogP contribution in [-0.2, 0) is 0 Å². The molecule has 0 radical (unpaired) electrons. The van der Waals surface area contributed by atoms with E-state index < -0.39 is 0 Å². The van der Waals surface area contributed by atoms with Crippen molar-refractivity contribution in [2.75, 3.05) is 4.43 Å². The predicted molar refractivity (Wildman–Crippen MR) is 46.7 cm³/mol. The van der Waals surface area contributed by atoms with Crippen molar-refractivity contribution in [2.45, 2.75) is 6.92 Å². The number of hydrogen-bond acceptors (Lipinski definition) is 0. The molecule has 0 amide bonds. The molecule has 0 aliphatic heterocycles. The van der Waals surface area contributed by atoms with Crippen molar-refractivity contribution < 1.29 is 0 Å². The molecule has 0 atom stereocenters. The van der Waals surface area contributed by atoms with Crippen molar-refractivity contribution in [1.82, 2.24) is 0 Å². The van der Waals surface area contributed by atoms with Crippen LogP contribution in [0, 0.1) is 0 Å². The first-order chi connectivity index (χ1) is 2.81. The zero-order valence-electron chi connectivity index (χ0n) is 3.54. The summed E-state index contributed by atoms with van der Waals surface area (Å²) in [4.78, 5) is 0. The van der Waals surface area contributed by atoms with Crippen LogP contribution in [0.1, 0.15) is 6.92 Å². The van der Waals surface area contributed by atoms with Gasteiger partial charge in [-0.1, -0.05) is 28.7 Å². The van der Waals surface area contributed by atoms with Crippen molar-refractivity contribution in [3.63, 3.8) is 0 Å². The van der Waals surface area contributed by atoms with E-state index in [0.29, 0.717) is 0 Å². The Morgan fingerprint density at radius 3 is 2.33 bits per heavy atom. The van der Waals surface area contributed by atoms with Crippen LogP contribution in [-0.4, -0.2) is 4.43 Å². The van der Waals surface area contributed by atoms with Crippen LogP contribution < -0.4 is 0 Å². The number of allylic oxidation sites excluding steroid dienone is 2. The third kappa shape index (κ3) is 3.39. The molecular weight excluding hydrogens is 302 g/mol. The quantitative estimate of drug-likeness (QED) is 0.516. The average Bonchev–Trinajstić information content (AvgIpc) is 1.65. The van der Waals surface area contributed by atoms with Crippen molar-refractivity contribution in [3.05, 3.63) is 9.66 Å². The maximum absolute atomic E-state index is 2.34. The fourth-order valence-corrected chi connectivity index (χ4v) is 0.518. The summed E-state index contributed by atoms with van der Waals surface area (Å²) in [5, 5.41) is 0. The second kappa shape index (κ2) is 4.36. The van der Waals surface area contributed by atoms with Gasteiger partial charge in [-0.05, 0) is 33.1 Å². The Hall–Kier alpha value is 1.20. The van der Waals surface area contributed by atoms with E-state index in [0.717, 1.165) is 4.43 Å². The first kappa shape index (κ1) is 7.20. The molecule has 6 heavy (non-hydrogen) atoms. The van der Waals surface area contributed by atoms with Crippen molar-refractivity contribution in [3.8, 4) is 0 Å². The highest BCUT2D eigenvalue weighted by Crippen LogP contribution is 2.07. The number of hydrogen-bond donors (Lipinski definition) is 0. The van der Waals surface area contributed by atoms with E-state index >= 15 is 0 Å². The Morgan fingerprint density at radius 1 is 1.83 bits per heavy atom. The monoisotopic (exact) mass is 308 g/mol. The van der Waals surface area contributed by atoms with E-state index in [1.165, 1.54) is 3.58 Å². The van der Waals surface area contributed by atoms with E-state index in [4.69, 9.17) is 0 Å². The van der Waals surface area contributed by atoms with Gasteiger partial charge in [-0.3, -0.25) is 0 Å². The first-order valence-electron chi connectivity index (χ1n) is 1.68. The first-order valence-corrected chi connectivity index (χ1v) is 4.28. The van der Waals surface area contributed by atoms with Crippen LogP contribution in [0.15, 0.2) is 9.66 Å². The molecule has 0 heterocycles. The topological polar surface area (TPSA) is 0 Å². The van der Waals surface area contributed by atoms with Crippen LogP contribution >= 0.6 is 45.2 Å². The molecule has 0 aromatic rings. The fourth-order valence-electron chi connectivity index (χ4n) is 0.0772. The van der Waals surface area contributed by atoms with Gasteiger partial charge in [0, 0.05) is 4.43 Å². The van der Waals surface area contributed by atoms with Gasteiger partial charge in [0.25, 0.3) is 0 Å². The maximum Gasteiger partial charge on any atom is 0.0301 e. The van der Waals surface area contributed by atoms with Gasteiger partial charge in [0.05, 0.1) is 0 Å². The Kier molecular flexibility index (Phi) is 5.23. The molecular formula is C4H6I2. The highest BCUT2D eigenvalue weighted by Gasteiger charge is 1.77. The summed E-state index contributed by atoms with van der Waals surface area (Å²) in [6, 6.07) is 0. The Labute approximate surface area is 65.7 Å². The minimum atomic E-state index is 1.15. The van der Waals surface area contributed by atoms with Gasteiger partial charge in [-0.15, -0.1) is 0 Å². The molecule has 0 aliphatic rings. The van der Waals surface area contributed by atoms with Crippen LogP contribution in [0.5, 0.6) is 0 Å². The molecule has 0 fully saturated rings. The summed E-state index contributed by atoms with van der Waals surface area (Å²) in [5.41, 5.74) is 0. The summed E-state index contributed by atoms with van der Waals surface area (Å²) in [7, 11) is 0. The summed E-state index contributed by atoms with van der Waals surface area (Å²) < 4.78 is 2.57. The molecule has 0 aliphatic carbocycles. The van der Waals surface area contributed by atoms with Gasteiger partial charge in [-0.25, -0.2) is 0 Å². The van der Waals surface area contributed by atoms with Gasteiger partial charge in [0.1, 0.15) is 0 Å². The number of alkyl halides is 1. The normalized spacial score (nSPS) is 12.2. The largest absolute Gasteiger partial charge is 0.0807 e. The summed E-state index contributed by atoms with van der Waals surface area (Å²) in [6.07, 6.45) is 2.12. The van der Waals surface area contributed by atoms with E-state index in [9.17, 15) is 0 Å². The van der Waals surface area contributed by atoms with Crippen LogP contribution in [0.25, 0.3) is 0 Å². The lowest BCUT2D eigenvalue weighted by Crippen LogP contribution is -1.63. The highest BCUT2D eigenvalue weighted by atomic mass is 127. The van der Waals surface area contributed by atoms with Crippen LogP contribution in [0.4, 0.5) is 0 Å². The second-order valence-corrected chi connectivity index (χ2v) is 3.02. The minimum Gasteiger partial charge on any atom is -0.0807 e. The highest BCUT2D eigenvalue weighted by molar-refractivity contribution is 14.1. The molecule has 0 nitrogen and oxygen atoms in total. The Morgan fingerprint density at radius 2 is 2.33 bits per heavy atom. The molecule has 0 rings (SSSR count). The molecule has 0 unspecified atom stereocenters. The van der Waals surface area contributed by atoms with E-state index in [1.54, 1.807) is 0 Å². The molecule has 36 valence electrons.